The van der Waals surface area contributed by atoms with E-state index in [1.54, 1.807) is 30.6 Å². The number of hydrogen-bond donors (Lipinski definition) is 1. The van der Waals surface area contributed by atoms with Gasteiger partial charge in [0.2, 0.25) is 0 Å². The fourth-order valence-corrected chi connectivity index (χ4v) is 1.73. The normalized spacial score (nSPS) is 10.9. The van der Waals surface area contributed by atoms with Crippen molar-refractivity contribution in [2.45, 2.75) is 13.8 Å². The standard InChI is InChI=1S/C14H16N4O/c1-10-8-12(11(2)18(10)3)9-16-17-14(19)13-6-4-5-7-15-13/h4-9H,1-3H3,(H,17,19)/b16-9-. The number of nitrogens with one attached hydrogen (secondary N) is 1. The van der Waals surface area contributed by atoms with Gasteiger partial charge in [0.05, 0.1) is 6.21 Å². The zero-order valence-electron chi connectivity index (χ0n) is 11.2. The summed E-state index contributed by atoms with van der Waals surface area (Å²) < 4.78 is 2.07. The molecular weight excluding hydrogens is 240 g/mol. The zero-order valence-corrected chi connectivity index (χ0v) is 11.2. The van der Waals surface area contributed by atoms with Gasteiger partial charge in [0.1, 0.15) is 5.69 Å². The van der Waals surface area contributed by atoms with Gasteiger partial charge in [0, 0.05) is 30.2 Å². The summed E-state index contributed by atoms with van der Waals surface area (Å²) in [5.41, 5.74) is 6.05. The SMILES string of the molecule is Cc1cc(/C=N\NC(=O)c2ccccn2)c(C)n1C. The van der Waals surface area contributed by atoms with Crippen molar-refractivity contribution in [3.05, 3.63) is 53.1 Å². The number of rotatable bonds is 3. The molecule has 5 heteroatoms. The molecular formula is C14H16N4O. The van der Waals surface area contributed by atoms with Crippen LogP contribution >= 0.6 is 0 Å². The van der Waals surface area contributed by atoms with Crippen LogP contribution in [-0.4, -0.2) is 21.7 Å². The number of pyridine rings is 1. The monoisotopic (exact) mass is 256 g/mol. The molecule has 0 spiro atoms. The smallest absolute Gasteiger partial charge is 0.289 e. The average Bonchev–Trinajstić information content (AvgIpc) is 2.67. The van der Waals surface area contributed by atoms with Gasteiger partial charge in [-0.25, -0.2) is 5.43 Å². The Balaban J connectivity index is 2.04. The fraction of sp³-hybridized carbons (Fsp3) is 0.214. The Morgan fingerprint density at radius 3 is 2.79 bits per heavy atom. The van der Waals surface area contributed by atoms with E-state index in [1.165, 1.54) is 0 Å². The highest BCUT2D eigenvalue weighted by Crippen LogP contribution is 2.10. The molecule has 0 saturated carbocycles. The van der Waals surface area contributed by atoms with Gasteiger partial charge in [-0.2, -0.15) is 5.10 Å². The summed E-state index contributed by atoms with van der Waals surface area (Å²) in [4.78, 5) is 15.6. The molecule has 5 nitrogen and oxygen atoms in total. The quantitative estimate of drug-likeness (QED) is 0.672. The van der Waals surface area contributed by atoms with Gasteiger partial charge in [-0.05, 0) is 32.0 Å². The first-order chi connectivity index (χ1) is 9.09. The predicted octanol–water partition coefficient (Wildman–Crippen LogP) is 1.80. The van der Waals surface area contributed by atoms with Crippen LogP contribution in [0.5, 0.6) is 0 Å². The van der Waals surface area contributed by atoms with E-state index in [2.05, 4.69) is 20.1 Å². The molecule has 2 rings (SSSR count). The molecule has 98 valence electrons. The molecule has 0 radical (unpaired) electrons. The van der Waals surface area contributed by atoms with Gasteiger partial charge < -0.3 is 4.57 Å². The van der Waals surface area contributed by atoms with Gasteiger partial charge in [0.25, 0.3) is 5.91 Å². The van der Waals surface area contributed by atoms with E-state index in [-0.39, 0.29) is 5.91 Å². The Morgan fingerprint density at radius 2 is 2.21 bits per heavy atom. The summed E-state index contributed by atoms with van der Waals surface area (Å²) in [7, 11) is 1.99. The highest BCUT2D eigenvalue weighted by atomic mass is 16.2. The maximum absolute atomic E-state index is 11.7. The third kappa shape index (κ3) is 2.88. The highest BCUT2D eigenvalue weighted by molar-refractivity contribution is 5.93. The summed E-state index contributed by atoms with van der Waals surface area (Å²) >= 11 is 0. The third-order valence-corrected chi connectivity index (χ3v) is 3.08. The molecule has 2 aromatic rings. The Morgan fingerprint density at radius 1 is 1.42 bits per heavy atom. The van der Waals surface area contributed by atoms with E-state index < -0.39 is 0 Å². The second kappa shape index (κ2) is 5.48. The van der Waals surface area contributed by atoms with Crippen molar-refractivity contribution in [1.82, 2.24) is 15.0 Å². The van der Waals surface area contributed by atoms with E-state index in [9.17, 15) is 4.79 Å². The van der Waals surface area contributed by atoms with Crippen LogP contribution in [0.2, 0.25) is 0 Å². The van der Waals surface area contributed by atoms with Crippen LogP contribution < -0.4 is 5.43 Å². The molecule has 2 aromatic heterocycles. The number of aromatic nitrogens is 2. The number of amides is 1. The fourth-order valence-electron chi connectivity index (χ4n) is 1.73. The molecule has 0 aliphatic rings. The number of aryl methyl sites for hydroxylation is 1. The van der Waals surface area contributed by atoms with Crippen molar-refractivity contribution in [2.75, 3.05) is 0 Å². The molecule has 19 heavy (non-hydrogen) atoms. The summed E-state index contributed by atoms with van der Waals surface area (Å²) in [6, 6.07) is 7.18. The van der Waals surface area contributed by atoms with Crippen molar-refractivity contribution in [3.8, 4) is 0 Å². The molecule has 1 amide bonds. The maximum atomic E-state index is 11.7. The molecule has 1 N–H and O–H groups in total. The maximum Gasteiger partial charge on any atom is 0.289 e. The number of carbonyl (C=O) groups excluding carboxylic acids is 1. The van der Waals surface area contributed by atoms with Crippen molar-refractivity contribution >= 4 is 12.1 Å². The van der Waals surface area contributed by atoms with Gasteiger partial charge in [-0.1, -0.05) is 6.07 Å². The predicted molar refractivity (Wildman–Crippen MR) is 74.2 cm³/mol. The number of carbonyl (C=O) groups is 1. The van der Waals surface area contributed by atoms with Crippen LogP contribution in [0.15, 0.2) is 35.6 Å². The molecule has 0 bridgehead atoms. The Bertz CT molecular complexity index is 614. The molecule has 0 unspecified atom stereocenters. The van der Waals surface area contributed by atoms with Crippen LogP contribution in [0, 0.1) is 13.8 Å². The average molecular weight is 256 g/mol. The van der Waals surface area contributed by atoms with Crippen LogP contribution in [0.25, 0.3) is 0 Å². The lowest BCUT2D eigenvalue weighted by atomic mass is 10.3. The second-order valence-electron chi connectivity index (χ2n) is 4.30. The second-order valence-corrected chi connectivity index (χ2v) is 4.30. The Hall–Kier alpha value is -2.43. The van der Waals surface area contributed by atoms with Gasteiger partial charge in [0.15, 0.2) is 0 Å². The van der Waals surface area contributed by atoms with Crippen LogP contribution in [0.1, 0.15) is 27.4 Å². The van der Waals surface area contributed by atoms with Gasteiger partial charge >= 0.3 is 0 Å². The van der Waals surface area contributed by atoms with Gasteiger partial charge in [-0.15, -0.1) is 0 Å². The summed E-state index contributed by atoms with van der Waals surface area (Å²) in [5.74, 6) is -0.317. The summed E-state index contributed by atoms with van der Waals surface area (Å²) in [5, 5.41) is 3.96. The Kier molecular flexibility index (Phi) is 3.75. The number of hydrazone groups is 1. The van der Waals surface area contributed by atoms with E-state index in [0.29, 0.717) is 5.69 Å². The minimum absolute atomic E-state index is 0.317. The van der Waals surface area contributed by atoms with Crippen molar-refractivity contribution < 1.29 is 4.79 Å². The largest absolute Gasteiger partial charge is 0.352 e. The van der Waals surface area contributed by atoms with Crippen LogP contribution in [0.3, 0.4) is 0 Å². The topological polar surface area (TPSA) is 59.3 Å². The molecule has 0 aromatic carbocycles. The zero-order chi connectivity index (χ0) is 13.8. The first kappa shape index (κ1) is 13.0. The van der Waals surface area contributed by atoms with Crippen LogP contribution in [0.4, 0.5) is 0 Å². The van der Waals surface area contributed by atoms with E-state index in [0.717, 1.165) is 17.0 Å². The molecule has 0 atom stereocenters. The van der Waals surface area contributed by atoms with Crippen molar-refractivity contribution in [3.63, 3.8) is 0 Å². The lowest BCUT2D eigenvalue weighted by Crippen LogP contribution is -2.18. The Labute approximate surface area is 112 Å². The molecule has 2 heterocycles. The molecule has 0 saturated heterocycles. The lowest BCUT2D eigenvalue weighted by molar-refractivity contribution is 0.0950. The number of nitrogens with zero attached hydrogens (tertiary/aromatic N) is 3. The molecule has 0 fully saturated rings. The summed E-state index contributed by atoms with van der Waals surface area (Å²) in [6.45, 7) is 4.03. The van der Waals surface area contributed by atoms with E-state index >= 15 is 0 Å². The number of hydrogen-bond acceptors (Lipinski definition) is 3. The van der Waals surface area contributed by atoms with E-state index in [1.807, 2.05) is 27.0 Å². The highest BCUT2D eigenvalue weighted by Gasteiger charge is 2.05. The van der Waals surface area contributed by atoms with E-state index in [4.69, 9.17) is 0 Å². The van der Waals surface area contributed by atoms with Gasteiger partial charge in [-0.3, -0.25) is 9.78 Å². The summed E-state index contributed by atoms with van der Waals surface area (Å²) in [6.07, 6.45) is 3.21. The molecule has 0 aliphatic heterocycles. The minimum Gasteiger partial charge on any atom is -0.352 e. The first-order valence-electron chi connectivity index (χ1n) is 5.97. The minimum atomic E-state index is -0.317. The molecule has 0 aliphatic carbocycles. The third-order valence-electron chi connectivity index (χ3n) is 3.08. The van der Waals surface area contributed by atoms with Crippen molar-refractivity contribution in [1.29, 1.82) is 0 Å². The lowest BCUT2D eigenvalue weighted by Gasteiger charge is -1.99. The van der Waals surface area contributed by atoms with Crippen molar-refractivity contribution in [2.24, 2.45) is 12.1 Å². The first-order valence-corrected chi connectivity index (χ1v) is 5.97. The van der Waals surface area contributed by atoms with Crippen LogP contribution in [-0.2, 0) is 7.05 Å².